The van der Waals surface area contributed by atoms with Crippen molar-refractivity contribution in [3.8, 4) is 5.75 Å². The number of nitrogens with zero attached hydrogens (tertiary/aromatic N) is 5. The molecule has 0 unspecified atom stereocenters. The number of anilines is 2. The molecule has 0 spiro atoms. The summed E-state index contributed by atoms with van der Waals surface area (Å²) < 4.78 is 45.8. The first-order valence-corrected chi connectivity index (χ1v) is 9.80. The molecule has 1 saturated heterocycles. The van der Waals surface area contributed by atoms with E-state index in [1.165, 1.54) is 4.57 Å². The molecule has 3 heterocycles. The molecule has 1 fully saturated rings. The maximum Gasteiger partial charge on any atom is 0.434 e. The topological polar surface area (TPSA) is 68.1 Å². The van der Waals surface area contributed by atoms with Gasteiger partial charge in [-0.1, -0.05) is 0 Å². The molecule has 1 N–H and O–H groups in total. The fourth-order valence-corrected chi connectivity index (χ4v) is 3.41. The van der Waals surface area contributed by atoms with Crippen LogP contribution in [0.5, 0.6) is 5.75 Å². The number of rotatable bonds is 6. The Kier molecular flexibility index (Phi) is 6.40. The fourth-order valence-electron chi connectivity index (χ4n) is 3.28. The molecule has 29 heavy (non-hydrogen) atoms. The van der Waals surface area contributed by atoms with E-state index in [0.717, 1.165) is 19.0 Å². The second-order valence-electron chi connectivity index (χ2n) is 7.36. The molecule has 0 radical (unpaired) electrons. The lowest BCUT2D eigenvalue weighted by atomic mass is 9.97. The number of hydrogen-bond donors (Lipinski definition) is 1. The highest BCUT2D eigenvalue weighted by atomic mass is 35.5. The smallest absolute Gasteiger partial charge is 0.434 e. The highest BCUT2D eigenvalue weighted by Crippen LogP contribution is 2.31. The van der Waals surface area contributed by atoms with E-state index < -0.39 is 11.9 Å². The van der Waals surface area contributed by atoms with E-state index >= 15 is 0 Å². The predicted octanol–water partition coefficient (Wildman–Crippen LogP) is 4.00. The van der Waals surface area contributed by atoms with Gasteiger partial charge in [0.1, 0.15) is 0 Å². The van der Waals surface area contributed by atoms with E-state index in [2.05, 4.69) is 20.3 Å². The molecule has 0 saturated carbocycles. The van der Waals surface area contributed by atoms with Gasteiger partial charge in [0.25, 0.3) is 0 Å². The number of alkyl halides is 3. The van der Waals surface area contributed by atoms with Gasteiger partial charge in [-0.3, -0.25) is 0 Å². The van der Waals surface area contributed by atoms with Gasteiger partial charge in [-0.05, 0) is 44.2 Å². The molecular formula is C18H24ClF3N6O. The van der Waals surface area contributed by atoms with Crippen LogP contribution in [-0.4, -0.2) is 45.3 Å². The molecule has 0 bridgehead atoms. The van der Waals surface area contributed by atoms with Gasteiger partial charge < -0.3 is 19.5 Å². The molecule has 2 aromatic heterocycles. The van der Waals surface area contributed by atoms with Gasteiger partial charge in [-0.2, -0.15) is 18.2 Å². The number of piperidine rings is 1. The maximum absolute atomic E-state index is 12.9. The molecule has 0 aliphatic carbocycles. The first-order chi connectivity index (χ1) is 13.6. The Morgan fingerprint density at radius 1 is 1.28 bits per heavy atom. The normalized spacial score (nSPS) is 15.8. The molecule has 11 heteroatoms. The Bertz CT molecular complexity index is 833. The van der Waals surface area contributed by atoms with Crippen molar-refractivity contribution in [3.05, 3.63) is 23.4 Å². The average Bonchev–Trinajstić information content (AvgIpc) is 3.04. The highest BCUT2D eigenvalue weighted by Gasteiger charge is 2.35. The number of hydrogen-bond acceptors (Lipinski definition) is 6. The molecule has 2 aromatic rings. The van der Waals surface area contributed by atoms with Crippen molar-refractivity contribution in [1.82, 2.24) is 19.5 Å². The van der Waals surface area contributed by atoms with Crippen molar-refractivity contribution in [2.45, 2.75) is 39.0 Å². The highest BCUT2D eigenvalue weighted by molar-refractivity contribution is 6.28. The summed E-state index contributed by atoms with van der Waals surface area (Å²) in [5.74, 6) is 1.77. The van der Waals surface area contributed by atoms with Crippen molar-refractivity contribution >= 4 is 23.4 Å². The number of halogens is 4. The molecule has 1 aliphatic rings. The van der Waals surface area contributed by atoms with E-state index in [1.54, 1.807) is 13.2 Å². The molecule has 0 amide bonds. The number of ether oxygens (including phenoxy) is 1. The first-order valence-electron chi connectivity index (χ1n) is 9.42. The van der Waals surface area contributed by atoms with Crippen LogP contribution in [-0.2, 0) is 13.2 Å². The van der Waals surface area contributed by atoms with Gasteiger partial charge in [0.15, 0.2) is 17.3 Å². The van der Waals surface area contributed by atoms with Crippen LogP contribution < -0.4 is 15.0 Å². The Hall–Kier alpha value is -2.23. The van der Waals surface area contributed by atoms with E-state index in [0.29, 0.717) is 43.1 Å². The van der Waals surface area contributed by atoms with Crippen molar-refractivity contribution in [1.29, 1.82) is 0 Å². The largest absolute Gasteiger partial charge is 0.486 e. The second-order valence-corrected chi connectivity index (χ2v) is 7.70. The molecule has 7 nitrogen and oxygen atoms in total. The van der Waals surface area contributed by atoms with Crippen molar-refractivity contribution in [2.24, 2.45) is 13.0 Å². The third kappa shape index (κ3) is 5.43. The van der Waals surface area contributed by atoms with Crippen LogP contribution in [0.2, 0.25) is 5.28 Å². The van der Waals surface area contributed by atoms with Gasteiger partial charge in [-0.15, -0.1) is 0 Å². The van der Waals surface area contributed by atoms with Gasteiger partial charge >= 0.3 is 6.18 Å². The Morgan fingerprint density at radius 2 is 1.97 bits per heavy atom. The molecule has 1 aliphatic heterocycles. The van der Waals surface area contributed by atoms with E-state index in [9.17, 15) is 13.2 Å². The third-order valence-corrected chi connectivity index (χ3v) is 4.87. The molecule has 0 atom stereocenters. The van der Waals surface area contributed by atoms with Crippen LogP contribution in [0, 0.1) is 5.92 Å². The monoisotopic (exact) mass is 432 g/mol. The van der Waals surface area contributed by atoms with E-state index in [1.807, 2.05) is 18.7 Å². The first kappa shape index (κ1) is 21.5. The number of aromatic nitrogens is 4. The summed E-state index contributed by atoms with van der Waals surface area (Å²) in [6.45, 7) is 5.75. The number of aryl methyl sites for hydroxylation is 1. The number of nitrogens with one attached hydrogen (secondary N) is 1. The van der Waals surface area contributed by atoms with Crippen LogP contribution in [0.15, 0.2) is 12.4 Å². The fraction of sp³-hybridized carbons (Fsp3) is 0.611. The average molecular weight is 433 g/mol. The van der Waals surface area contributed by atoms with Crippen LogP contribution in [0.25, 0.3) is 0 Å². The molecular weight excluding hydrogens is 409 g/mol. The van der Waals surface area contributed by atoms with Gasteiger partial charge in [-0.25, -0.2) is 9.97 Å². The zero-order valence-corrected chi connectivity index (χ0v) is 17.3. The van der Waals surface area contributed by atoms with Crippen LogP contribution in [0.4, 0.5) is 24.9 Å². The van der Waals surface area contributed by atoms with Gasteiger partial charge in [0.05, 0.1) is 12.3 Å². The lowest BCUT2D eigenvalue weighted by Gasteiger charge is -2.32. The van der Waals surface area contributed by atoms with E-state index in [-0.39, 0.29) is 11.4 Å². The van der Waals surface area contributed by atoms with Gasteiger partial charge in [0.2, 0.25) is 11.2 Å². The molecule has 3 rings (SSSR count). The molecule has 0 aromatic carbocycles. The third-order valence-electron chi connectivity index (χ3n) is 4.69. The van der Waals surface area contributed by atoms with Crippen molar-refractivity contribution in [2.75, 3.05) is 29.9 Å². The predicted molar refractivity (Wildman–Crippen MR) is 104 cm³/mol. The Morgan fingerprint density at radius 3 is 2.55 bits per heavy atom. The minimum Gasteiger partial charge on any atom is -0.486 e. The zero-order chi connectivity index (χ0) is 21.2. The maximum atomic E-state index is 12.9. The summed E-state index contributed by atoms with van der Waals surface area (Å²) in [4.78, 5) is 13.8. The lowest BCUT2D eigenvalue weighted by molar-refractivity contribution is -0.140. The summed E-state index contributed by atoms with van der Waals surface area (Å²) in [5, 5.41) is 3.40. The van der Waals surface area contributed by atoms with Gasteiger partial charge in [0, 0.05) is 32.9 Å². The summed E-state index contributed by atoms with van der Waals surface area (Å²) >= 11 is 5.90. The molecule has 160 valence electrons. The quantitative estimate of drug-likeness (QED) is 0.696. The summed E-state index contributed by atoms with van der Waals surface area (Å²) in [6, 6.07) is 0. The standard InChI is InChI=1S/C18H24ClF3N6O/c1-11(2)29-13-9-24-16(19)26-15(13)23-8-12-4-6-28(7-5-12)17-25-14(10-27(17)3)18(20,21)22/h9-12H,4-8H2,1-3H3,(H,23,24,26). The summed E-state index contributed by atoms with van der Waals surface area (Å²) in [7, 11) is 1.58. The van der Waals surface area contributed by atoms with Crippen LogP contribution >= 0.6 is 11.6 Å². The zero-order valence-electron chi connectivity index (χ0n) is 16.5. The SMILES string of the molecule is CC(C)Oc1cnc(Cl)nc1NCC1CCN(c2nc(C(F)(F)F)cn2C)CC1. The van der Waals surface area contributed by atoms with Crippen LogP contribution in [0.1, 0.15) is 32.4 Å². The van der Waals surface area contributed by atoms with Crippen molar-refractivity contribution in [3.63, 3.8) is 0 Å². The van der Waals surface area contributed by atoms with Crippen LogP contribution in [0.3, 0.4) is 0 Å². The summed E-state index contributed by atoms with van der Waals surface area (Å²) in [5.41, 5.74) is -0.864. The Balaban J connectivity index is 1.57. The number of imidazole rings is 1. The minimum absolute atomic E-state index is 0.0251. The minimum atomic E-state index is -4.44. The Labute approximate surface area is 172 Å². The lowest BCUT2D eigenvalue weighted by Crippen LogP contribution is -2.37. The van der Waals surface area contributed by atoms with E-state index in [4.69, 9.17) is 16.3 Å². The second kappa shape index (κ2) is 8.64. The summed E-state index contributed by atoms with van der Waals surface area (Å²) in [6.07, 6.45) is -0.256. The van der Waals surface area contributed by atoms with Crippen molar-refractivity contribution < 1.29 is 17.9 Å².